The van der Waals surface area contributed by atoms with Crippen molar-refractivity contribution in [2.24, 2.45) is 0 Å². The van der Waals surface area contributed by atoms with Crippen LogP contribution in [0.15, 0.2) is 54.6 Å². The molecule has 2 aromatic carbocycles. The van der Waals surface area contributed by atoms with Crippen molar-refractivity contribution in [1.29, 1.82) is 0 Å². The number of anilines is 1. The first-order chi connectivity index (χ1) is 9.59. The van der Waals surface area contributed by atoms with Crippen LogP contribution in [0, 0.1) is 0 Å². The van der Waals surface area contributed by atoms with Crippen LogP contribution in [0.1, 0.15) is 15.9 Å². The summed E-state index contributed by atoms with van der Waals surface area (Å²) in [5, 5.41) is 0. The molecule has 2 aromatic rings. The smallest absolute Gasteiger partial charge is 0.150 e. The number of aldehydes is 1. The summed E-state index contributed by atoms with van der Waals surface area (Å²) >= 11 is 5.13. The van der Waals surface area contributed by atoms with Crippen molar-refractivity contribution in [2.75, 3.05) is 10.5 Å². The van der Waals surface area contributed by atoms with Crippen LogP contribution < -0.4 is 4.72 Å². The minimum Gasteiger partial charge on any atom is -0.304 e. The molecular formula is C15H15NO2S2. The maximum absolute atomic E-state index is 12.3. The maximum atomic E-state index is 12.3. The minimum absolute atomic E-state index is 0.391. The Bertz CT molecular complexity index is 665. The van der Waals surface area contributed by atoms with Gasteiger partial charge in [-0.25, -0.2) is 4.21 Å². The molecule has 0 bridgehead atoms. The van der Waals surface area contributed by atoms with Crippen LogP contribution in [0.5, 0.6) is 0 Å². The number of nitrogens with one attached hydrogen (secondary N) is 1. The lowest BCUT2D eigenvalue weighted by Gasteiger charge is -2.11. The predicted molar refractivity (Wildman–Crippen MR) is 86.0 cm³/mol. The van der Waals surface area contributed by atoms with Gasteiger partial charge in [0.2, 0.25) is 0 Å². The van der Waals surface area contributed by atoms with Gasteiger partial charge in [0.1, 0.15) is 15.0 Å². The van der Waals surface area contributed by atoms with Crippen molar-refractivity contribution in [3.63, 3.8) is 0 Å². The molecule has 104 valence electrons. The molecule has 0 fully saturated rings. The third-order valence-electron chi connectivity index (χ3n) is 2.82. The molecule has 3 nitrogen and oxygen atoms in total. The van der Waals surface area contributed by atoms with Gasteiger partial charge in [0, 0.05) is 28.2 Å². The summed E-state index contributed by atoms with van der Waals surface area (Å²) in [6.07, 6.45) is 1.44. The van der Waals surface area contributed by atoms with Crippen LogP contribution in [-0.4, -0.2) is 16.2 Å². The van der Waals surface area contributed by atoms with Gasteiger partial charge in [0.05, 0.1) is 0 Å². The maximum Gasteiger partial charge on any atom is 0.150 e. The summed E-state index contributed by atoms with van der Waals surface area (Å²) in [4.78, 5) is 10.6. The van der Waals surface area contributed by atoms with Gasteiger partial charge in [0.25, 0.3) is 0 Å². The molecule has 0 aliphatic heterocycles. The molecule has 1 N–H and O–H groups in total. The largest absolute Gasteiger partial charge is 0.304 e. The van der Waals surface area contributed by atoms with E-state index in [-0.39, 0.29) is 0 Å². The van der Waals surface area contributed by atoms with Crippen molar-refractivity contribution in [2.45, 2.75) is 6.42 Å². The molecule has 0 aliphatic rings. The van der Waals surface area contributed by atoms with E-state index in [4.69, 9.17) is 11.2 Å². The van der Waals surface area contributed by atoms with Crippen molar-refractivity contribution < 1.29 is 9.00 Å². The first kappa shape index (κ1) is 14.7. The number of hydrogen-bond donors (Lipinski definition) is 1. The van der Waals surface area contributed by atoms with Gasteiger partial charge in [0.15, 0.2) is 0 Å². The SMILES string of the molecule is O=Cc1ccc(NS(=O)(=S)CCc2ccccc2)cc1. The Labute approximate surface area is 123 Å². The Kier molecular flexibility index (Phi) is 4.87. The minimum atomic E-state index is -2.56. The fourth-order valence-corrected chi connectivity index (χ4v) is 3.40. The molecule has 0 aromatic heterocycles. The van der Waals surface area contributed by atoms with Gasteiger partial charge in [-0.3, -0.25) is 4.79 Å². The Balaban J connectivity index is 1.98. The summed E-state index contributed by atoms with van der Waals surface area (Å²) in [5.74, 6) is 0.391. The van der Waals surface area contributed by atoms with Crippen LogP contribution >= 0.6 is 0 Å². The molecular weight excluding hydrogens is 290 g/mol. The quantitative estimate of drug-likeness (QED) is 0.835. The Hall–Kier alpha value is -1.72. The summed E-state index contributed by atoms with van der Waals surface area (Å²) in [5.41, 5.74) is 2.36. The van der Waals surface area contributed by atoms with Gasteiger partial charge < -0.3 is 4.72 Å². The molecule has 0 amide bonds. The molecule has 5 heteroatoms. The molecule has 2 rings (SSSR count). The topological polar surface area (TPSA) is 46.2 Å². The van der Waals surface area contributed by atoms with Crippen molar-refractivity contribution in [1.82, 2.24) is 0 Å². The highest BCUT2D eigenvalue weighted by atomic mass is 32.8. The van der Waals surface area contributed by atoms with Crippen LogP contribution in [0.4, 0.5) is 5.69 Å². The van der Waals surface area contributed by atoms with E-state index in [9.17, 15) is 9.00 Å². The van der Waals surface area contributed by atoms with Crippen molar-refractivity contribution in [3.05, 3.63) is 65.7 Å². The lowest BCUT2D eigenvalue weighted by atomic mass is 10.2. The zero-order chi connectivity index (χ0) is 14.4. The molecule has 20 heavy (non-hydrogen) atoms. The van der Waals surface area contributed by atoms with Gasteiger partial charge in [-0.2, -0.15) is 0 Å². The van der Waals surface area contributed by atoms with E-state index in [1.807, 2.05) is 30.3 Å². The fourth-order valence-electron chi connectivity index (χ4n) is 1.76. The molecule has 0 radical (unpaired) electrons. The van der Waals surface area contributed by atoms with Crippen LogP contribution in [0.2, 0.25) is 0 Å². The molecule has 0 saturated carbocycles. The first-order valence-electron chi connectivity index (χ1n) is 6.19. The monoisotopic (exact) mass is 305 g/mol. The number of carbonyl (C=O) groups excluding carboxylic acids is 1. The summed E-state index contributed by atoms with van der Waals surface area (Å²) < 4.78 is 15.2. The van der Waals surface area contributed by atoms with E-state index >= 15 is 0 Å². The highest BCUT2D eigenvalue weighted by Crippen LogP contribution is 2.11. The molecule has 0 heterocycles. The number of hydrogen-bond acceptors (Lipinski definition) is 3. The van der Waals surface area contributed by atoms with Gasteiger partial charge in [-0.15, -0.1) is 0 Å². The first-order valence-corrected chi connectivity index (χ1v) is 8.84. The van der Waals surface area contributed by atoms with E-state index in [2.05, 4.69) is 4.72 Å². The highest BCUT2D eigenvalue weighted by Gasteiger charge is 2.07. The van der Waals surface area contributed by atoms with Crippen LogP contribution in [0.25, 0.3) is 0 Å². The average Bonchev–Trinajstić information content (AvgIpc) is 2.47. The molecule has 0 aliphatic carbocycles. The third-order valence-corrected chi connectivity index (χ3v) is 4.86. The fraction of sp³-hybridized carbons (Fsp3) is 0.133. The van der Waals surface area contributed by atoms with Crippen LogP contribution in [-0.2, 0) is 26.3 Å². The second kappa shape index (κ2) is 6.63. The average molecular weight is 305 g/mol. The lowest BCUT2D eigenvalue weighted by Crippen LogP contribution is -2.16. The molecule has 0 spiro atoms. The van der Waals surface area contributed by atoms with Gasteiger partial charge in [-0.1, -0.05) is 30.3 Å². The zero-order valence-electron chi connectivity index (χ0n) is 10.8. The summed E-state index contributed by atoms with van der Waals surface area (Å²) in [7, 11) is -2.56. The molecule has 1 atom stereocenters. The zero-order valence-corrected chi connectivity index (χ0v) is 12.5. The van der Waals surface area contributed by atoms with Crippen molar-refractivity contribution in [3.8, 4) is 0 Å². The lowest BCUT2D eigenvalue weighted by molar-refractivity contribution is 0.112. The van der Waals surface area contributed by atoms with E-state index in [0.717, 1.165) is 11.8 Å². The van der Waals surface area contributed by atoms with E-state index in [1.165, 1.54) is 0 Å². The van der Waals surface area contributed by atoms with E-state index < -0.39 is 8.68 Å². The number of carbonyl (C=O) groups is 1. The van der Waals surface area contributed by atoms with Crippen LogP contribution in [0.3, 0.4) is 0 Å². The van der Waals surface area contributed by atoms with Gasteiger partial charge in [-0.05, 0) is 36.2 Å². The Morgan fingerprint density at radius 2 is 1.70 bits per heavy atom. The number of aryl methyl sites for hydroxylation is 1. The van der Waals surface area contributed by atoms with E-state index in [1.54, 1.807) is 24.3 Å². The summed E-state index contributed by atoms with van der Waals surface area (Å²) in [6, 6.07) is 16.6. The second-order valence-corrected chi connectivity index (χ2v) is 7.85. The van der Waals surface area contributed by atoms with E-state index in [0.29, 0.717) is 23.4 Å². The Morgan fingerprint density at radius 1 is 1.05 bits per heavy atom. The van der Waals surface area contributed by atoms with Crippen molar-refractivity contribution >= 4 is 31.8 Å². The highest BCUT2D eigenvalue weighted by molar-refractivity contribution is 8.33. The predicted octanol–water partition coefficient (Wildman–Crippen LogP) is 2.82. The van der Waals surface area contributed by atoms with Gasteiger partial charge >= 0.3 is 0 Å². The standard InChI is InChI=1S/C15H15NO2S2/c17-12-14-6-8-15(9-7-14)16-20(18,19)11-10-13-4-2-1-3-5-13/h1-9,12,16H,10-11H2. The second-order valence-electron chi connectivity index (χ2n) is 4.40. The third kappa shape index (κ3) is 4.43. The molecule has 0 saturated heterocycles. The number of benzene rings is 2. The Morgan fingerprint density at radius 3 is 2.30 bits per heavy atom. The molecule has 1 unspecified atom stereocenters. The normalized spacial score (nSPS) is 13.4. The number of rotatable bonds is 6. The summed E-state index contributed by atoms with van der Waals surface area (Å²) in [6.45, 7) is 0.